The zero-order valence-electron chi connectivity index (χ0n) is 12.6. The summed E-state index contributed by atoms with van der Waals surface area (Å²) in [7, 11) is 1.51. The first-order valence-corrected chi connectivity index (χ1v) is 7.12. The highest BCUT2D eigenvalue weighted by atomic mass is 16.2. The summed E-state index contributed by atoms with van der Waals surface area (Å²) >= 11 is 0. The Kier molecular flexibility index (Phi) is 5.05. The zero-order valence-corrected chi connectivity index (χ0v) is 12.6. The average Bonchev–Trinajstić information content (AvgIpc) is 2.52. The van der Waals surface area contributed by atoms with Crippen molar-refractivity contribution in [1.82, 2.24) is 25.2 Å². The van der Waals surface area contributed by atoms with Gasteiger partial charge in [-0.3, -0.25) is 19.1 Å². The van der Waals surface area contributed by atoms with Crippen LogP contribution < -0.4 is 21.9 Å². The molecule has 2 rings (SSSR count). The van der Waals surface area contributed by atoms with Crippen molar-refractivity contribution in [2.24, 2.45) is 7.05 Å². The Morgan fingerprint density at radius 1 is 1.32 bits per heavy atom. The van der Waals surface area contributed by atoms with Crippen molar-refractivity contribution in [3.63, 3.8) is 0 Å². The number of aryl methyl sites for hydroxylation is 1. The molecule has 0 saturated carbocycles. The Hall–Kier alpha value is -2.48. The highest BCUT2D eigenvalue weighted by molar-refractivity contribution is 5.96. The predicted octanol–water partition coefficient (Wildman–Crippen LogP) is -0.649. The predicted molar refractivity (Wildman–Crippen MR) is 83.1 cm³/mol. The molecule has 0 aliphatic carbocycles. The van der Waals surface area contributed by atoms with Gasteiger partial charge in [-0.25, -0.2) is 9.78 Å². The Morgan fingerprint density at radius 3 is 2.82 bits per heavy atom. The quantitative estimate of drug-likeness (QED) is 0.615. The number of carbonyl (C=O) groups is 1. The number of hydrogen-bond donors (Lipinski definition) is 3. The molecule has 0 aromatic carbocycles. The molecule has 0 unspecified atom stereocenters. The van der Waals surface area contributed by atoms with Gasteiger partial charge in [0.05, 0.1) is 10.9 Å². The standard InChI is InChI=1S/C14H19N5O3/c1-3-4-15-5-6-16-12(20)9-7-10-11(17-8-9)19(2)14(22)18-13(10)21/h7-8,15H,3-6H2,1-2H3,(H,16,20)(H,18,21,22). The van der Waals surface area contributed by atoms with Gasteiger partial charge in [-0.1, -0.05) is 6.92 Å². The van der Waals surface area contributed by atoms with E-state index in [0.29, 0.717) is 13.1 Å². The minimum Gasteiger partial charge on any atom is -0.351 e. The SMILES string of the molecule is CCCNCCNC(=O)c1cnc2c(c1)c(=O)[nH]c(=O)n2C. The fraction of sp³-hybridized carbons (Fsp3) is 0.429. The van der Waals surface area contributed by atoms with Crippen molar-refractivity contribution in [2.75, 3.05) is 19.6 Å². The lowest BCUT2D eigenvalue weighted by atomic mass is 10.2. The van der Waals surface area contributed by atoms with Gasteiger partial charge in [-0.05, 0) is 19.0 Å². The Bertz CT molecular complexity index is 793. The molecule has 0 radical (unpaired) electrons. The smallest absolute Gasteiger partial charge is 0.329 e. The number of fused-ring (bicyclic) bond motifs is 1. The number of H-pyrrole nitrogens is 1. The molecule has 118 valence electrons. The molecule has 2 aromatic rings. The number of nitrogens with one attached hydrogen (secondary N) is 3. The molecule has 22 heavy (non-hydrogen) atoms. The number of rotatable bonds is 6. The molecule has 0 aliphatic heterocycles. The Morgan fingerprint density at radius 2 is 2.09 bits per heavy atom. The van der Waals surface area contributed by atoms with Gasteiger partial charge in [0.25, 0.3) is 11.5 Å². The summed E-state index contributed by atoms with van der Waals surface area (Å²) in [6.45, 7) is 4.13. The minimum atomic E-state index is -0.551. The summed E-state index contributed by atoms with van der Waals surface area (Å²) in [6.07, 6.45) is 2.39. The van der Waals surface area contributed by atoms with Crippen LogP contribution in [0.15, 0.2) is 21.9 Å². The third-order valence-corrected chi connectivity index (χ3v) is 3.23. The first-order valence-electron chi connectivity index (χ1n) is 7.12. The lowest BCUT2D eigenvalue weighted by Crippen LogP contribution is -2.33. The first-order chi connectivity index (χ1) is 10.5. The number of pyridine rings is 1. The van der Waals surface area contributed by atoms with Gasteiger partial charge in [0, 0.05) is 26.3 Å². The average molecular weight is 305 g/mol. The molecule has 8 heteroatoms. The van der Waals surface area contributed by atoms with E-state index >= 15 is 0 Å². The van der Waals surface area contributed by atoms with Crippen LogP contribution >= 0.6 is 0 Å². The van der Waals surface area contributed by atoms with Gasteiger partial charge < -0.3 is 10.6 Å². The number of nitrogens with zero attached hydrogens (tertiary/aromatic N) is 2. The van der Waals surface area contributed by atoms with E-state index in [1.54, 1.807) is 0 Å². The fourth-order valence-corrected chi connectivity index (χ4v) is 2.03. The second-order valence-corrected chi connectivity index (χ2v) is 4.92. The second kappa shape index (κ2) is 6.99. The van der Waals surface area contributed by atoms with E-state index in [9.17, 15) is 14.4 Å². The van der Waals surface area contributed by atoms with Crippen molar-refractivity contribution in [1.29, 1.82) is 0 Å². The van der Waals surface area contributed by atoms with Crippen molar-refractivity contribution in [2.45, 2.75) is 13.3 Å². The van der Waals surface area contributed by atoms with E-state index < -0.39 is 11.2 Å². The Labute approximate surface area is 126 Å². The van der Waals surface area contributed by atoms with Crippen LogP contribution in [-0.2, 0) is 7.05 Å². The highest BCUT2D eigenvalue weighted by Gasteiger charge is 2.11. The lowest BCUT2D eigenvalue weighted by Gasteiger charge is -2.07. The van der Waals surface area contributed by atoms with Gasteiger partial charge >= 0.3 is 5.69 Å². The largest absolute Gasteiger partial charge is 0.351 e. The molecule has 0 atom stereocenters. The molecule has 1 amide bonds. The maximum Gasteiger partial charge on any atom is 0.329 e. The van der Waals surface area contributed by atoms with E-state index in [1.807, 2.05) is 0 Å². The fourth-order valence-electron chi connectivity index (χ4n) is 2.03. The van der Waals surface area contributed by atoms with Gasteiger partial charge in [0.15, 0.2) is 0 Å². The summed E-state index contributed by atoms with van der Waals surface area (Å²) in [5, 5.41) is 6.12. The van der Waals surface area contributed by atoms with Crippen LogP contribution in [0.25, 0.3) is 11.0 Å². The van der Waals surface area contributed by atoms with E-state index in [-0.39, 0.29) is 22.5 Å². The number of amides is 1. The number of hydrogen-bond acceptors (Lipinski definition) is 5. The number of aromatic amines is 1. The summed E-state index contributed by atoms with van der Waals surface area (Å²) in [6, 6.07) is 1.44. The summed E-state index contributed by atoms with van der Waals surface area (Å²) in [5.74, 6) is -0.305. The van der Waals surface area contributed by atoms with Gasteiger partial charge in [-0.2, -0.15) is 0 Å². The topological polar surface area (TPSA) is 109 Å². The molecule has 3 N–H and O–H groups in total. The van der Waals surface area contributed by atoms with Crippen molar-refractivity contribution in [3.8, 4) is 0 Å². The molecule has 2 aromatic heterocycles. The molecule has 0 saturated heterocycles. The van der Waals surface area contributed by atoms with Gasteiger partial charge in [0.1, 0.15) is 5.65 Å². The second-order valence-electron chi connectivity index (χ2n) is 4.92. The van der Waals surface area contributed by atoms with Crippen molar-refractivity contribution in [3.05, 3.63) is 38.7 Å². The molecule has 0 bridgehead atoms. The van der Waals surface area contributed by atoms with Crippen LogP contribution in [0.2, 0.25) is 0 Å². The third kappa shape index (κ3) is 3.40. The zero-order chi connectivity index (χ0) is 16.1. The number of aromatic nitrogens is 3. The molecule has 0 aliphatic rings. The van der Waals surface area contributed by atoms with E-state index in [0.717, 1.165) is 13.0 Å². The van der Waals surface area contributed by atoms with Crippen molar-refractivity contribution < 1.29 is 4.79 Å². The van der Waals surface area contributed by atoms with Gasteiger partial charge in [0.2, 0.25) is 0 Å². The molecule has 2 heterocycles. The molecule has 0 spiro atoms. The maximum atomic E-state index is 12.0. The molecular weight excluding hydrogens is 286 g/mol. The Balaban J connectivity index is 2.18. The van der Waals surface area contributed by atoms with E-state index in [4.69, 9.17) is 0 Å². The van der Waals surface area contributed by atoms with Crippen molar-refractivity contribution >= 4 is 16.9 Å². The van der Waals surface area contributed by atoms with E-state index in [1.165, 1.54) is 23.9 Å². The van der Waals surface area contributed by atoms with Gasteiger partial charge in [-0.15, -0.1) is 0 Å². The monoisotopic (exact) mass is 305 g/mol. The summed E-state index contributed by atoms with van der Waals surface area (Å²) in [4.78, 5) is 41.5. The maximum absolute atomic E-state index is 12.0. The normalized spacial score (nSPS) is 10.8. The first kappa shape index (κ1) is 15.9. The van der Waals surface area contributed by atoms with Crippen LogP contribution in [-0.4, -0.2) is 40.1 Å². The lowest BCUT2D eigenvalue weighted by molar-refractivity contribution is 0.0953. The van der Waals surface area contributed by atoms with Crippen LogP contribution in [0, 0.1) is 0 Å². The van der Waals surface area contributed by atoms with E-state index in [2.05, 4.69) is 27.5 Å². The summed E-state index contributed by atoms with van der Waals surface area (Å²) < 4.78 is 1.23. The molecular formula is C14H19N5O3. The minimum absolute atomic E-state index is 0.207. The van der Waals surface area contributed by atoms with Crippen LogP contribution in [0.4, 0.5) is 0 Å². The van der Waals surface area contributed by atoms with Crippen LogP contribution in [0.5, 0.6) is 0 Å². The molecule has 0 fully saturated rings. The third-order valence-electron chi connectivity index (χ3n) is 3.23. The van der Waals surface area contributed by atoms with Crippen LogP contribution in [0.3, 0.4) is 0 Å². The highest BCUT2D eigenvalue weighted by Crippen LogP contribution is 2.06. The summed E-state index contributed by atoms with van der Waals surface area (Å²) in [5.41, 5.74) is -0.559. The number of carbonyl (C=O) groups excluding carboxylic acids is 1. The van der Waals surface area contributed by atoms with Crippen LogP contribution in [0.1, 0.15) is 23.7 Å². The molecule has 8 nitrogen and oxygen atoms in total.